The molecule has 1 aromatic rings. The van der Waals surface area contributed by atoms with Crippen molar-refractivity contribution in [3.63, 3.8) is 0 Å². The van der Waals surface area contributed by atoms with Gasteiger partial charge >= 0.3 is 0 Å². The summed E-state index contributed by atoms with van der Waals surface area (Å²) in [4.78, 5) is 0. The fourth-order valence-electron chi connectivity index (χ4n) is 3.16. The molecule has 1 aliphatic carbocycles. The fourth-order valence-corrected chi connectivity index (χ4v) is 3.16. The number of benzene rings is 1. The Morgan fingerprint density at radius 3 is 2.06 bits per heavy atom. The molecule has 1 atom stereocenters. The molecule has 1 N–H and O–H groups in total. The van der Waals surface area contributed by atoms with Gasteiger partial charge in [-0.25, -0.2) is 0 Å². The Labute approximate surface area is 105 Å². The Bertz CT molecular complexity index is 342. The number of aliphatic hydroxyl groups is 1. The minimum atomic E-state index is -0.255. The van der Waals surface area contributed by atoms with E-state index in [1.807, 2.05) is 0 Å². The first kappa shape index (κ1) is 12.6. The lowest BCUT2D eigenvalue weighted by atomic mass is 9.85. The number of rotatable bonds is 2. The van der Waals surface area contributed by atoms with Crippen LogP contribution < -0.4 is 0 Å². The van der Waals surface area contributed by atoms with E-state index < -0.39 is 0 Å². The number of aryl methyl sites for hydroxylation is 2. The maximum atomic E-state index is 10.6. The summed E-state index contributed by atoms with van der Waals surface area (Å²) >= 11 is 0. The highest BCUT2D eigenvalue weighted by molar-refractivity contribution is 5.35. The molecule has 0 aliphatic heterocycles. The molecule has 1 fully saturated rings. The van der Waals surface area contributed by atoms with Gasteiger partial charge < -0.3 is 5.11 Å². The summed E-state index contributed by atoms with van der Waals surface area (Å²) in [5, 5.41) is 10.6. The van der Waals surface area contributed by atoms with Crippen molar-refractivity contribution in [1.29, 1.82) is 0 Å². The average Bonchev–Trinajstić information content (AvgIpc) is 2.57. The van der Waals surface area contributed by atoms with E-state index in [9.17, 15) is 5.11 Å². The van der Waals surface area contributed by atoms with Crippen molar-refractivity contribution in [2.45, 2.75) is 58.5 Å². The van der Waals surface area contributed by atoms with Gasteiger partial charge in [0.15, 0.2) is 0 Å². The van der Waals surface area contributed by atoms with Crippen molar-refractivity contribution >= 4 is 0 Å². The first-order valence-electron chi connectivity index (χ1n) is 6.94. The summed E-state index contributed by atoms with van der Waals surface area (Å²) in [6.45, 7) is 4.23. The van der Waals surface area contributed by atoms with Crippen molar-refractivity contribution < 1.29 is 5.11 Å². The molecule has 0 saturated heterocycles. The molecule has 0 bridgehead atoms. The average molecular weight is 232 g/mol. The first-order valence-corrected chi connectivity index (χ1v) is 6.94. The highest BCUT2D eigenvalue weighted by atomic mass is 16.3. The van der Waals surface area contributed by atoms with Gasteiger partial charge in [0.05, 0.1) is 6.10 Å². The quantitative estimate of drug-likeness (QED) is 0.753. The standard InChI is InChI=1S/C16H24O/c1-12-8-7-9-13(2)15(12)16(17)14-10-5-3-4-6-11-14/h7-9,14,16-17H,3-6,10-11H2,1-2H3. The zero-order valence-corrected chi connectivity index (χ0v) is 11.1. The summed E-state index contributed by atoms with van der Waals surface area (Å²) in [7, 11) is 0. The number of aliphatic hydroxyl groups excluding tert-OH is 1. The van der Waals surface area contributed by atoms with Crippen LogP contribution in [0, 0.1) is 19.8 Å². The Morgan fingerprint density at radius 1 is 1.00 bits per heavy atom. The molecule has 1 heteroatoms. The number of hydrogen-bond acceptors (Lipinski definition) is 1. The van der Waals surface area contributed by atoms with Gasteiger partial charge in [0.25, 0.3) is 0 Å². The molecule has 1 saturated carbocycles. The second-order valence-electron chi connectivity index (χ2n) is 5.50. The lowest BCUT2D eigenvalue weighted by Gasteiger charge is -2.24. The maximum absolute atomic E-state index is 10.6. The van der Waals surface area contributed by atoms with E-state index in [1.54, 1.807) is 0 Å². The SMILES string of the molecule is Cc1cccc(C)c1C(O)C1CCCCCC1. The van der Waals surface area contributed by atoms with Gasteiger partial charge in [-0.3, -0.25) is 0 Å². The second kappa shape index (κ2) is 5.68. The molecule has 0 radical (unpaired) electrons. The lowest BCUT2D eigenvalue weighted by Crippen LogP contribution is -2.14. The predicted octanol–water partition coefficient (Wildman–Crippen LogP) is 4.31. The zero-order valence-electron chi connectivity index (χ0n) is 11.1. The van der Waals surface area contributed by atoms with Crippen LogP contribution in [0.25, 0.3) is 0 Å². The maximum Gasteiger partial charge on any atom is 0.0823 e. The summed E-state index contributed by atoms with van der Waals surface area (Å²) in [6, 6.07) is 6.30. The minimum absolute atomic E-state index is 0.255. The minimum Gasteiger partial charge on any atom is -0.388 e. The Morgan fingerprint density at radius 2 is 1.53 bits per heavy atom. The van der Waals surface area contributed by atoms with E-state index in [1.165, 1.54) is 55.2 Å². The van der Waals surface area contributed by atoms with E-state index in [4.69, 9.17) is 0 Å². The smallest absolute Gasteiger partial charge is 0.0823 e. The van der Waals surface area contributed by atoms with Crippen molar-refractivity contribution in [3.05, 3.63) is 34.9 Å². The summed E-state index contributed by atoms with van der Waals surface area (Å²) in [5.41, 5.74) is 3.66. The molecule has 17 heavy (non-hydrogen) atoms. The third-order valence-electron chi connectivity index (χ3n) is 4.18. The van der Waals surface area contributed by atoms with Crippen molar-refractivity contribution in [1.82, 2.24) is 0 Å². The van der Waals surface area contributed by atoms with Crippen molar-refractivity contribution in [2.75, 3.05) is 0 Å². The molecule has 2 rings (SSSR count). The van der Waals surface area contributed by atoms with Crippen LogP contribution in [0.3, 0.4) is 0 Å². The molecule has 1 unspecified atom stereocenters. The van der Waals surface area contributed by atoms with Gasteiger partial charge in [-0.1, -0.05) is 43.9 Å². The van der Waals surface area contributed by atoms with Crippen LogP contribution in [0.4, 0.5) is 0 Å². The number of hydrogen-bond donors (Lipinski definition) is 1. The van der Waals surface area contributed by atoms with E-state index >= 15 is 0 Å². The summed E-state index contributed by atoms with van der Waals surface area (Å²) in [6.07, 6.45) is 7.38. The molecule has 0 heterocycles. The molecule has 0 aromatic heterocycles. The molecule has 94 valence electrons. The van der Waals surface area contributed by atoms with Crippen LogP contribution in [-0.2, 0) is 0 Å². The van der Waals surface area contributed by atoms with Crippen LogP contribution in [-0.4, -0.2) is 5.11 Å². The van der Waals surface area contributed by atoms with Crippen LogP contribution in [0.2, 0.25) is 0 Å². The molecule has 1 nitrogen and oxygen atoms in total. The molecule has 1 aliphatic rings. The van der Waals surface area contributed by atoms with Crippen molar-refractivity contribution in [2.24, 2.45) is 5.92 Å². The van der Waals surface area contributed by atoms with Gasteiger partial charge in [-0.2, -0.15) is 0 Å². The Balaban J connectivity index is 2.20. The van der Waals surface area contributed by atoms with E-state index in [2.05, 4.69) is 32.0 Å². The molecular formula is C16H24O. The predicted molar refractivity (Wildman–Crippen MR) is 72.1 cm³/mol. The van der Waals surface area contributed by atoms with Gasteiger partial charge in [0.2, 0.25) is 0 Å². The second-order valence-corrected chi connectivity index (χ2v) is 5.50. The summed E-state index contributed by atoms with van der Waals surface area (Å²) < 4.78 is 0. The molecule has 0 spiro atoms. The van der Waals surface area contributed by atoms with Gasteiger partial charge in [-0.05, 0) is 49.3 Å². The van der Waals surface area contributed by atoms with Crippen LogP contribution in [0.5, 0.6) is 0 Å². The lowest BCUT2D eigenvalue weighted by molar-refractivity contribution is 0.0976. The highest BCUT2D eigenvalue weighted by Gasteiger charge is 2.24. The Kier molecular flexibility index (Phi) is 4.22. The summed E-state index contributed by atoms with van der Waals surface area (Å²) in [5.74, 6) is 0.470. The monoisotopic (exact) mass is 232 g/mol. The van der Waals surface area contributed by atoms with E-state index in [-0.39, 0.29) is 6.10 Å². The van der Waals surface area contributed by atoms with Gasteiger partial charge in [-0.15, -0.1) is 0 Å². The van der Waals surface area contributed by atoms with Crippen molar-refractivity contribution in [3.8, 4) is 0 Å². The van der Waals surface area contributed by atoms with Gasteiger partial charge in [0, 0.05) is 0 Å². The fraction of sp³-hybridized carbons (Fsp3) is 0.625. The third-order valence-corrected chi connectivity index (χ3v) is 4.18. The first-order chi connectivity index (χ1) is 8.20. The third kappa shape index (κ3) is 2.90. The normalized spacial score (nSPS) is 19.9. The van der Waals surface area contributed by atoms with Crippen LogP contribution in [0.15, 0.2) is 18.2 Å². The van der Waals surface area contributed by atoms with Crippen LogP contribution >= 0.6 is 0 Å². The topological polar surface area (TPSA) is 20.2 Å². The van der Waals surface area contributed by atoms with Gasteiger partial charge in [0.1, 0.15) is 0 Å². The Hall–Kier alpha value is -0.820. The highest BCUT2D eigenvalue weighted by Crippen LogP contribution is 2.35. The van der Waals surface area contributed by atoms with E-state index in [0.717, 1.165) is 0 Å². The van der Waals surface area contributed by atoms with Crippen LogP contribution in [0.1, 0.15) is 61.3 Å². The van der Waals surface area contributed by atoms with E-state index in [0.29, 0.717) is 5.92 Å². The molecule has 1 aromatic carbocycles. The zero-order chi connectivity index (χ0) is 12.3. The largest absolute Gasteiger partial charge is 0.388 e. The molecule has 0 amide bonds. The molecular weight excluding hydrogens is 208 g/mol.